The van der Waals surface area contributed by atoms with Crippen molar-refractivity contribution < 1.29 is 0 Å². The summed E-state index contributed by atoms with van der Waals surface area (Å²) in [7, 11) is 4.18. The molecule has 25 heavy (non-hydrogen) atoms. The Hall–Kier alpha value is -1.49. The summed E-state index contributed by atoms with van der Waals surface area (Å²) in [5, 5.41) is 3.53. The summed E-state index contributed by atoms with van der Waals surface area (Å²) in [5.41, 5.74) is 4.01. The molecule has 0 spiro atoms. The van der Waals surface area contributed by atoms with E-state index in [1.54, 1.807) is 11.8 Å². The van der Waals surface area contributed by atoms with Gasteiger partial charge in [-0.1, -0.05) is 24.3 Å². The first kappa shape index (κ1) is 18.3. The Kier molecular flexibility index (Phi) is 6.40. The van der Waals surface area contributed by atoms with Gasteiger partial charge >= 0.3 is 0 Å². The van der Waals surface area contributed by atoms with Gasteiger partial charge < -0.3 is 10.2 Å². The molecule has 0 amide bonds. The van der Waals surface area contributed by atoms with Crippen molar-refractivity contribution in [3.05, 3.63) is 59.7 Å². The molecule has 1 N–H and O–H groups in total. The van der Waals surface area contributed by atoms with Crippen molar-refractivity contribution in [2.45, 2.75) is 17.4 Å². The molecule has 1 heterocycles. The van der Waals surface area contributed by atoms with Crippen molar-refractivity contribution in [3.63, 3.8) is 0 Å². The number of anilines is 1. The zero-order valence-electron chi connectivity index (χ0n) is 15.5. The molecule has 0 radical (unpaired) electrons. The molecular formula is C21H29N3S. The Bertz CT molecular complexity index is 644. The SMILES string of the molecule is CSc1ccc(C(c2ccc(N(C)C)cc2)N2CCCNCC2)cc1. The van der Waals surface area contributed by atoms with Crippen molar-refractivity contribution in [1.82, 2.24) is 10.2 Å². The second-order valence-corrected chi connectivity index (χ2v) is 7.68. The van der Waals surface area contributed by atoms with Crippen LogP contribution in [0.3, 0.4) is 0 Å². The number of nitrogens with one attached hydrogen (secondary N) is 1. The van der Waals surface area contributed by atoms with Crippen LogP contribution in [0.2, 0.25) is 0 Å². The topological polar surface area (TPSA) is 18.5 Å². The molecule has 0 aliphatic carbocycles. The zero-order chi connectivity index (χ0) is 17.6. The Morgan fingerprint density at radius 2 is 1.56 bits per heavy atom. The van der Waals surface area contributed by atoms with Crippen LogP contribution in [0, 0.1) is 0 Å². The minimum absolute atomic E-state index is 0.326. The molecule has 1 saturated heterocycles. The maximum absolute atomic E-state index is 3.53. The van der Waals surface area contributed by atoms with E-state index in [9.17, 15) is 0 Å². The van der Waals surface area contributed by atoms with Gasteiger partial charge in [-0.3, -0.25) is 4.90 Å². The molecule has 1 aliphatic heterocycles. The van der Waals surface area contributed by atoms with Gasteiger partial charge in [0, 0.05) is 44.3 Å². The zero-order valence-corrected chi connectivity index (χ0v) is 16.4. The second-order valence-electron chi connectivity index (χ2n) is 6.80. The van der Waals surface area contributed by atoms with Gasteiger partial charge in [0.15, 0.2) is 0 Å². The highest BCUT2D eigenvalue weighted by molar-refractivity contribution is 7.98. The number of benzene rings is 2. The van der Waals surface area contributed by atoms with E-state index in [1.165, 1.54) is 28.1 Å². The third-order valence-corrected chi connectivity index (χ3v) is 5.64. The second kappa shape index (κ2) is 8.75. The van der Waals surface area contributed by atoms with E-state index in [-0.39, 0.29) is 0 Å². The number of rotatable bonds is 5. The smallest absolute Gasteiger partial charge is 0.0602 e. The van der Waals surface area contributed by atoms with Crippen LogP contribution in [-0.4, -0.2) is 51.4 Å². The highest BCUT2D eigenvalue weighted by atomic mass is 32.2. The summed E-state index contributed by atoms with van der Waals surface area (Å²) >= 11 is 1.80. The molecule has 2 aromatic carbocycles. The normalized spacial score (nSPS) is 17.1. The molecule has 0 aromatic heterocycles. The predicted octanol–water partition coefficient (Wildman–Crippen LogP) is 3.86. The van der Waals surface area contributed by atoms with Crippen molar-refractivity contribution in [2.75, 3.05) is 51.4 Å². The molecule has 1 atom stereocenters. The molecule has 134 valence electrons. The van der Waals surface area contributed by atoms with E-state index in [2.05, 4.69) is 84.0 Å². The van der Waals surface area contributed by atoms with Gasteiger partial charge in [-0.2, -0.15) is 0 Å². The number of nitrogens with zero attached hydrogens (tertiary/aromatic N) is 2. The minimum Gasteiger partial charge on any atom is -0.378 e. The van der Waals surface area contributed by atoms with Crippen molar-refractivity contribution in [3.8, 4) is 0 Å². The highest BCUT2D eigenvalue weighted by Crippen LogP contribution is 2.31. The van der Waals surface area contributed by atoms with E-state index in [0.717, 1.165) is 26.2 Å². The monoisotopic (exact) mass is 355 g/mol. The summed E-state index contributed by atoms with van der Waals surface area (Å²) in [5.74, 6) is 0. The molecule has 3 nitrogen and oxygen atoms in total. The summed E-state index contributed by atoms with van der Waals surface area (Å²) in [4.78, 5) is 6.10. The molecule has 2 aromatic rings. The molecule has 4 heteroatoms. The van der Waals surface area contributed by atoms with Gasteiger partial charge in [0.2, 0.25) is 0 Å². The quantitative estimate of drug-likeness (QED) is 0.821. The maximum Gasteiger partial charge on any atom is 0.0602 e. The van der Waals surface area contributed by atoms with Crippen LogP contribution in [0.4, 0.5) is 5.69 Å². The van der Waals surface area contributed by atoms with Crippen LogP contribution in [0.1, 0.15) is 23.6 Å². The summed E-state index contributed by atoms with van der Waals surface area (Å²) in [6, 6.07) is 18.5. The van der Waals surface area contributed by atoms with Gasteiger partial charge in [0.05, 0.1) is 6.04 Å². The number of hydrogen-bond donors (Lipinski definition) is 1. The minimum atomic E-state index is 0.326. The lowest BCUT2D eigenvalue weighted by atomic mass is 9.96. The fourth-order valence-electron chi connectivity index (χ4n) is 3.48. The van der Waals surface area contributed by atoms with E-state index < -0.39 is 0 Å². The Labute approximate surface area is 156 Å². The lowest BCUT2D eigenvalue weighted by molar-refractivity contribution is 0.241. The largest absolute Gasteiger partial charge is 0.378 e. The highest BCUT2D eigenvalue weighted by Gasteiger charge is 2.23. The molecule has 0 bridgehead atoms. The molecule has 1 aliphatic rings. The fourth-order valence-corrected chi connectivity index (χ4v) is 3.89. The lowest BCUT2D eigenvalue weighted by Gasteiger charge is -2.31. The number of hydrogen-bond acceptors (Lipinski definition) is 4. The van der Waals surface area contributed by atoms with Crippen LogP contribution < -0.4 is 10.2 Å². The van der Waals surface area contributed by atoms with Crippen LogP contribution in [-0.2, 0) is 0 Å². The third-order valence-electron chi connectivity index (χ3n) is 4.90. The van der Waals surface area contributed by atoms with Crippen molar-refractivity contribution >= 4 is 17.4 Å². The number of thioether (sulfide) groups is 1. The summed E-state index contributed by atoms with van der Waals surface area (Å²) in [6.07, 6.45) is 3.34. The Morgan fingerprint density at radius 1 is 0.920 bits per heavy atom. The van der Waals surface area contributed by atoms with Gasteiger partial charge in [-0.15, -0.1) is 11.8 Å². The molecule has 3 rings (SSSR count). The lowest BCUT2D eigenvalue weighted by Crippen LogP contribution is -2.33. The van der Waals surface area contributed by atoms with Crippen LogP contribution in [0.5, 0.6) is 0 Å². The third kappa shape index (κ3) is 4.57. The Morgan fingerprint density at radius 3 is 2.16 bits per heavy atom. The summed E-state index contributed by atoms with van der Waals surface area (Å²) in [6.45, 7) is 4.41. The van der Waals surface area contributed by atoms with E-state index in [0.29, 0.717) is 6.04 Å². The standard InChI is InChI=1S/C21H29N3S/c1-23(2)19-9-5-17(6-10-19)21(24-15-4-13-22-14-16-24)18-7-11-20(25-3)12-8-18/h5-12,21-22H,4,13-16H2,1-3H3. The average molecular weight is 356 g/mol. The summed E-state index contributed by atoms with van der Waals surface area (Å²) < 4.78 is 0. The van der Waals surface area contributed by atoms with Crippen LogP contribution in [0.15, 0.2) is 53.4 Å². The van der Waals surface area contributed by atoms with Crippen molar-refractivity contribution in [1.29, 1.82) is 0 Å². The molecule has 1 fully saturated rings. The van der Waals surface area contributed by atoms with E-state index >= 15 is 0 Å². The van der Waals surface area contributed by atoms with E-state index in [1.807, 2.05) is 0 Å². The van der Waals surface area contributed by atoms with Gasteiger partial charge in [-0.25, -0.2) is 0 Å². The van der Waals surface area contributed by atoms with Crippen LogP contribution >= 0.6 is 11.8 Å². The van der Waals surface area contributed by atoms with Crippen LogP contribution in [0.25, 0.3) is 0 Å². The fraction of sp³-hybridized carbons (Fsp3) is 0.429. The van der Waals surface area contributed by atoms with E-state index in [4.69, 9.17) is 0 Å². The van der Waals surface area contributed by atoms with Gasteiger partial charge in [0.25, 0.3) is 0 Å². The molecular weight excluding hydrogens is 326 g/mol. The first-order valence-corrected chi connectivity index (χ1v) is 10.3. The molecule has 0 saturated carbocycles. The first-order valence-electron chi connectivity index (χ1n) is 9.05. The van der Waals surface area contributed by atoms with Crippen molar-refractivity contribution in [2.24, 2.45) is 0 Å². The Balaban J connectivity index is 1.94. The maximum atomic E-state index is 3.53. The predicted molar refractivity (Wildman–Crippen MR) is 110 cm³/mol. The first-order chi connectivity index (χ1) is 12.2. The molecule has 1 unspecified atom stereocenters. The van der Waals surface area contributed by atoms with Gasteiger partial charge in [-0.05, 0) is 54.6 Å². The van der Waals surface area contributed by atoms with Gasteiger partial charge in [0.1, 0.15) is 0 Å². The average Bonchev–Trinajstić information content (AvgIpc) is 2.92.